The summed E-state index contributed by atoms with van der Waals surface area (Å²) < 4.78 is 10.1. The van der Waals surface area contributed by atoms with Gasteiger partial charge in [0.25, 0.3) is 5.88 Å². The highest BCUT2D eigenvalue weighted by Gasteiger charge is 2.16. The predicted molar refractivity (Wildman–Crippen MR) is 57.7 cm³/mol. The van der Waals surface area contributed by atoms with Crippen LogP contribution in [0.15, 0.2) is 22.0 Å². The van der Waals surface area contributed by atoms with Crippen LogP contribution in [0.25, 0.3) is 10.6 Å². The molecule has 2 rings (SSSR count). The lowest BCUT2D eigenvalue weighted by Crippen LogP contribution is -2.10. The number of carboxylic acid groups (broad SMARTS) is 1. The van der Waals surface area contributed by atoms with E-state index >= 15 is 0 Å². The number of hydrogen-bond acceptors (Lipinski definition) is 5. The highest BCUT2D eigenvalue weighted by molar-refractivity contribution is 7.13. The summed E-state index contributed by atoms with van der Waals surface area (Å²) in [6, 6.07) is 3.80. The molecule has 2 aromatic heterocycles. The van der Waals surface area contributed by atoms with Crippen LogP contribution in [0.5, 0.6) is 5.88 Å². The van der Waals surface area contributed by atoms with Crippen LogP contribution in [0.4, 0.5) is 0 Å². The molecule has 0 unspecified atom stereocenters. The minimum atomic E-state index is -1.04. The van der Waals surface area contributed by atoms with E-state index in [0.717, 1.165) is 4.88 Å². The maximum atomic E-state index is 10.3. The minimum Gasteiger partial charge on any atom is -0.479 e. The lowest BCUT2D eigenvalue weighted by Gasteiger charge is -1.97. The molecule has 0 atom stereocenters. The second-order valence-corrected chi connectivity index (χ2v) is 4.05. The van der Waals surface area contributed by atoms with Gasteiger partial charge in [0.2, 0.25) is 0 Å². The Morgan fingerprint density at radius 3 is 3.12 bits per heavy atom. The van der Waals surface area contributed by atoms with Crippen molar-refractivity contribution >= 4 is 17.3 Å². The average Bonchev–Trinajstić information content (AvgIpc) is 2.84. The maximum absolute atomic E-state index is 10.3. The standard InChI is InChI=1S/C10H9NO4S/c1-6-9(7-3-2-4-16-7)15-11-10(6)14-5-8(12)13/h2-4H,5H2,1H3,(H,12,13). The van der Waals surface area contributed by atoms with Gasteiger partial charge in [0.1, 0.15) is 0 Å². The Kier molecular flexibility index (Phi) is 2.91. The van der Waals surface area contributed by atoms with Gasteiger partial charge in [-0.2, -0.15) is 0 Å². The summed E-state index contributed by atoms with van der Waals surface area (Å²) in [6.07, 6.45) is 0. The Balaban J connectivity index is 2.21. The summed E-state index contributed by atoms with van der Waals surface area (Å²) in [4.78, 5) is 11.3. The van der Waals surface area contributed by atoms with Gasteiger partial charge in [-0.3, -0.25) is 0 Å². The number of hydrogen-bond donors (Lipinski definition) is 1. The molecule has 0 aromatic carbocycles. The Labute approximate surface area is 95.3 Å². The van der Waals surface area contributed by atoms with Crippen LogP contribution < -0.4 is 4.74 Å². The zero-order valence-electron chi connectivity index (χ0n) is 8.47. The van der Waals surface area contributed by atoms with Gasteiger partial charge in [-0.25, -0.2) is 4.79 Å². The molecule has 5 nitrogen and oxygen atoms in total. The first-order valence-corrected chi connectivity index (χ1v) is 5.41. The van der Waals surface area contributed by atoms with Crippen molar-refractivity contribution in [2.45, 2.75) is 6.92 Å². The molecular formula is C10H9NO4S. The van der Waals surface area contributed by atoms with Crippen LogP contribution in [-0.2, 0) is 4.79 Å². The zero-order chi connectivity index (χ0) is 11.5. The highest BCUT2D eigenvalue weighted by Crippen LogP contribution is 2.32. The number of carboxylic acids is 1. The Morgan fingerprint density at radius 2 is 2.50 bits per heavy atom. The molecule has 84 valence electrons. The van der Waals surface area contributed by atoms with Crippen LogP contribution in [0.2, 0.25) is 0 Å². The molecule has 1 N–H and O–H groups in total. The number of aromatic nitrogens is 1. The number of aliphatic carboxylic acids is 1. The van der Waals surface area contributed by atoms with E-state index in [4.69, 9.17) is 14.4 Å². The molecule has 0 saturated heterocycles. The lowest BCUT2D eigenvalue weighted by molar-refractivity contribution is -0.139. The molecule has 0 spiro atoms. The predicted octanol–water partition coefficient (Wildman–Crippen LogP) is 2.17. The van der Waals surface area contributed by atoms with Crippen molar-refractivity contribution in [3.63, 3.8) is 0 Å². The molecule has 0 aliphatic heterocycles. The first kappa shape index (κ1) is 10.7. The molecule has 0 saturated carbocycles. The van der Waals surface area contributed by atoms with Crippen molar-refractivity contribution in [3.05, 3.63) is 23.1 Å². The van der Waals surface area contributed by atoms with Gasteiger partial charge >= 0.3 is 5.97 Å². The Morgan fingerprint density at radius 1 is 1.69 bits per heavy atom. The second kappa shape index (κ2) is 4.36. The van der Waals surface area contributed by atoms with E-state index in [1.807, 2.05) is 17.5 Å². The van der Waals surface area contributed by atoms with Crippen molar-refractivity contribution < 1.29 is 19.2 Å². The van der Waals surface area contributed by atoms with E-state index < -0.39 is 12.6 Å². The molecule has 0 fully saturated rings. The van der Waals surface area contributed by atoms with Gasteiger partial charge in [-0.1, -0.05) is 6.07 Å². The molecule has 0 bridgehead atoms. The molecule has 0 amide bonds. The fourth-order valence-corrected chi connectivity index (χ4v) is 1.98. The minimum absolute atomic E-state index is 0.228. The number of nitrogens with zero attached hydrogens (tertiary/aromatic N) is 1. The molecule has 2 heterocycles. The monoisotopic (exact) mass is 239 g/mol. The molecule has 6 heteroatoms. The second-order valence-electron chi connectivity index (χ2n) is 3.10. The first-order valence-electron chi connectivity index (χ1n) is 4.53. The van der Waals surface area contributed by atoms with Crippen molar-refractivity contribution in [1.82, 2.24) is 5.16 Å². The first-order chi connectivity index (χ1) is 7.68. The zero-order valence-corrected chi connectivity index (χ0v) is 9.28. The number of ether oxygens (including phenoxy) is 1. The van der Waals surface area contributed by atoms with Crippen LogP contribution in [0.3, 0.4) is 0 Å². The summed E-state index contributed by atoms with van der Waals surface area (Å²) >= 11 is 1.52. The normalized spacial score (nSPS) is 10.3. The van der Waals surface area contributed by atoms with Crippen LogP contribution in [-0.4, -0.2) is 22.8 Å². The Bertz CT molecular complexity index is 489. The molecule has 0 aliphatic rings. The van der Waals surface area contributed by atoms with Gasteiger partial charge in [0, 0.05) is 0 Å². The molecule has 0 radical (unpaired) electrons. The third-order valence-corrected chi connectivity index (χ3v) is 2.83. The summed E-state index contributed by atoms with van der Waals surface area (Å²) in [6.45, 7) is 1.36. The fourth-order valence-electron chi connectivity index (χ4n) is 1.22. The van der Waals surface area contributed by atoms with Gasteiger partial charge in [0.05, 0.1) is 10.4 Å². The van der Waals surface area contributed by atoms with E-state index in [-0.39, 0.29) is 5.88 Å². The number of rotatable bonds is 4. The summed E-state index contributed by atoms with van der Waals surface area (Å²) in [5.74, 6) is -0.193. The third-order valence-electron chi connectivity index (χ3n) is 1.96. The van der Waals surface area contributed by atoms with Gasteiger partial charge in [0.15, 0.2) is 12.4 Å². The van der Waals surface area contributed by atoms with E-state index in [9.17, 15) is 4.79 Å². The van der Waals surface area contributed by atoms with Crippen molar-refractivity contribution in [2.24, 2.45) is 0 Å². The quantitative estimate of drug-likeness (QED) is 0.885. The largest absolute Gasteiger partial charge is 0.479 e. The van der Waals surface area contributed by atoms with Crippen molar-refractivity contribution in [3.8, 4) is 16.5 Å². The van der Waals surface area contributed by atoms with Gasteiger partial charge in [-0.15, -0.1) is 11.3 Å². The molecule has 16 heavy (non-hydrogen) atoms. The van der Waals surface area contributed by atoms with Crippen molar-refractivity contribution in [1.29, 1.82) is 0 Å². The van der Waals surface area contributed by atoms with Gasteiger partial charge in [-0.05, 0) is 23.5 Å². The van der Waals surface area contributed by atoms with E-state index in [1.165, 1.54) is 11.3 Å². The van der Waals surface area contributed by atoms with E-state index in [0.29, 0.717) is 11.3 Å². The summed E-state index contributed by atoms with van der Waals surface area (Å²) in [5, 5.41) is 14.1. The maximum Gasteiger partial charge on any atom is 0.341 e. The fraction of sp³-hybridized carbons (Fsp3) is 0.200. The van der Waals surface area contributed by atoms with Crippen LogP contribution >= 0.6 is 11.3 Å². The highest BCUT2D eigenvalue weighted by atomic mass is 32.1. The summed E-state index contributed by atoms with van der Waals surface area (Å²) in [5.41, 5.74) is 0.712. The van der Waals surface area contributed by atoms with Gasteiger partial charge < -0.3 is 14.4 Å². The molecule has 0 aliphatic carbocycles. The Hall–Kier alpha value is -1.82. The molecule has 2 aromatic rings. The van der Waals surface area contributed by atoms with Crippen molar-refractivity contribution in [2.75, 3.05) is 6.61 Å². The topological polar surface area (TPSA) is 72.6 Å². The summed E-state index contributed by atoms with van der Waals surface area (Å²) in [7, 11) is 0. The SMILES string of the molecule is Cc1c(OCC(=O)O)noc1-c1cccs1. The smallest absolute Gasteiger partial charge is 0.341 e. The van der Waals surface area contributed by atoms with Crippen LogP contribution in [0.1, 0.15) is 5.56 Å². The average molecular weight is 239 g/mol. The van der Waals surface area contributed by atoms with E-state index in [2.05, 4.69) is 5.16 Å². The lowest BCUT2D eigenvalue weighted by atomic mass is 10.2. The number of thiophene rings is 1. The van der Waals surface area contributed by atoms with Crippen LogP contribution in [0, 0.1) is 6.92 Å². The number of carbonyl (C=O) groups is 1. The third kappa shape index (κ3) is 2.06. The van der Waals surface area contributed by atoms with E-state index in [1.54, 1.807) is 6.92 Å². The molecular weight excluding hydrogens is 230 g/mol.